The van der Waals surface area contributed by atoms with E-state index in [9.17, 15) is 25.8 Å². The molecule has 0 unspecified atom stereocenters. The number of aryl methyl sites for hydroxylation is 2. The van der Waals surface area contributed by atoms with E-state index < -0.39 is 11.5 Å². The van der Waals surface area contributed by atoms with Gasteiger partial charge in [-0.05, 0) is 36.1 Å². The molecule has 0 spiro atoms. The van der Waals surface area contributed by atoms with Crippen LogP contribution in [-0.4, -0.2) is 22.4 Å². The van der Waals surface area contributed by atoms with Gasteiger partial charge >= 0.3 is 0 Å². The predicted octanol–water partition coefficient (Wildman–Crippen LogP) is 5.78. The van der Waals surface area contributed by atoms with Gasteiger partial charge in [0.05, 0.1) is 30.4 Å². The smallest absolute Gasteiger partial charge is 0.176 e. The second kappa shape index (κ2) is 13.2. The Morgan fingerprint density at radius 2 is 1.02 bits per heavy atom. The number of nitrogens with zero attached hydrogens (tertiary/aromatic N) is 4. The van der Waals surface area contributed by atoms with Gasteiger partial charge in [0.15, 0.2) is 23.0 Å². The fourth-order valence-corrected chi connectivity index (χ4v) is 4.17. The van der Waals surface area contributed by atoms with E-state index in [1.807, 2.05) is 80.6 Å². The largest absolute Gasteiger partial charge is 0.504 e. The summed E-state index contributed by atoms with van der Waals surface area (Å²) in [5.74, 6) is -1.02. The Bertz CT molecular complexity index is 1750. The topological polar surface area (TPSA) is 165 Å². The van der Waals surface area contributed by atoms with Crippen LogP contribution in [0.4, 0.5) is 0 Å². The van der Waals surface area contributed by atoms with Crippen molar-refractivity contribution < 1.29 is 20.1 Å². The lowest BCUT2D eigenvalue weighted by Crippen LogP contribution is -2.00. The monoisotopic (exact) mass is 542 g/mol. The van der Waals surface area contributed by atoms with Gasteiger partial charge in [-0.25, -0.2) is 0 Å². The van der Waals surface area contributed by atoms with E-state index in [4.69, 9.17) is 15.3 Å². The molecule has 8 nitrogen and oxygen atoms in total. The molecular weight excluding hydrogens is 516 g/mol. The van der Waals surface area contributed by atoms with Gasteiger partial charge in [-0.15, -0.1) is 0 Å². The lowest BCUT2D eigenvalue weighted by atomic mass is 9.94. The first-order valence-corrected chi connectivity index (χ1v) is 12.4. The van der Waals surface area contributed by atoms with Gasteiger partial charge in [0.25, 0.3) is 0 Å². The molecular formula is C33H26N4O4. The minimum atomic E-state index is -0.478. The van der Waals surface area contributed by atoms with Crippen molar-refractivity contribution in [2.24, 2.45) is 0 Å². The molecule has 0 heterocycles. The third-order valence-electron chi connectivity index (χ3n) is 6.45. The van der Waals surface area contributed by atoms with Crippen molar-refractivity contribution in [3.63, 3.8) is 0 Å². The Labute approximate surface area is 238 Å². The van der Waals surface area contributed by atoms with E-state index in [1.54, 1.807) is 0 Å². The Morgan fingerprint density at radius 3 is 1.41 bits per heavy atom. The van der Waals surface area contributed by atoms with E-state index >= 15 is 0 Å². The van der Waals surface area contributed by atoms with Gasteiger partial charge < -0.3 is 20.1 Å². The Hall–Kier alpha value is -5.96. The molecule has 0 bridgehead atoms. The van der Waals surface area contributed by atoms with Crippen LogP contribution in [0.1, 0.15) is 55.6 Å². The third-order valence-corrected chi connectivity index (χ3v) is 6.45. The van der Waals surface area contributed by atoms with Gasteiger partial charge in [-0.3, -0.25) is 0 Å². The average molecular weight is 543 g/mol. The number of nitriles is 4. The Kier molecular flexibility index (Phi) is 9.53. The first-order chi connectivity index (χ1) is 19.7. The molecule has 0 fully saturated rings. The highest BCUT2D eigenvalue weighted by molar-refractivity contribution is 5.63. The highest BCUT2D eigenvalue weighted by Gasteiger charge is 2.19. The molecule has 0 aliphatic rings. The summed E-state index contributed by atoms with van der Waals surface area (Å²) >= 11 is 0. The van der Waals surface area contributed by atoms with Gasteiger partial charge in [-0.1, -0.05) is 59.7 Å². The summed E-state index contributed by atoms with van der Waals surface area (Å²) in [5.41, 5.74) is 5.65. The predicted molar refractivity (Wildman–Crippen MR) is 151 cm³/mol. The van der Waals surface area contributed by atoms with E-state index in [2.05, 4.69) is 6.07 Å². The molecule has 0 amide bonds. The third kappa shape index (κ3) is 6.73. The highest BCUT2D eigenvalue weighted by Crippen LogP contribution is 2.36. The summed E-state index contributed by atoms with van der Waals surface area (Å²) in [7, 11) is 1.39. The molecule has 8 heteroatoms. The minimum absolute atomic E-state index is 0.0536. The number of rotatable bonds is 5. The number of hydrogen-bond donors (Lipinski definition) is 3. The fourth-order valence-electron chi connectivity index (χ4n) is 4.17. The molecule has 41 heavy (non-hydrogen) atoms. The van der Waals surface area contributed by atoms with E-state index in [1.165, 1.54) is 19.2 Å². The zero-order valence-electron chi connectivity index (χ0n) is 22.7. The quantitative estimate of drug-likeness (QED) is 0.267. The van der Waals surface area contributed by atoms with Gasteiger partial charge in [0.1, 0.15) is 23.3 Å². The summed E-state index contributed by atoms with van der Waals surface area (Å²) in [4.78, 5) is 0. The zero-order chi connectivity index (χ0) is 30.1. The second-order valence-corrected chi connectivity index (χ2v) is 9.25. The van der Waals surface area contributed by atoms with Crippen molar-refractivity contribution in [2.45, 2.75) is 26.7 Å². The molecule has 3 N–H and O–H groups in total. The van der Waals surface area contributed by atoms with Crippen LogP contribution in [-0.2, 0) is 12.8 Å². The Morgan fingerprint density at radius 1 is 0.610 bits per heavy atom. The molecule has 202 valence electrons. The van der Waals surface area contributed by atoms with Gasteiger partial charge in [-0.2, -0.15) is 21.0 Å². The van der Waals surface area contributed by atoms with Crippen LogP contribution in [0, 0.1) is 59.2 Å². The Balaban J connectivity index is 0.000000226. The standard InChI is InChI=1S/C17H14N2O2.C16H12N2O2/c1-11-3-5-12(6-4-11)7-14-13(9-18)8-16(21-2)17(20)15(14)10-19;1-10-2-4-11(5-3-10)6-13-12(8-17)7-15(19)16(20)14(13)9-18/h3-6,8,20H,7H2,1-2H3;2-5,7,19-20H,6H2,1H3. The molecule has 4 aromatic rings. The minimum Gasteiger partial charge on any atom is -0.504 e. The molecule has 0 atom stereocenters. The number of ether oxygens (including phenoxy) is 1. The van der Waals surface area contributed by atoms with Crippen LogP contribution in [0.2, 0.25) is 0 Å². The van der Waals surface area contributed by atoms with E-state index in [0.29, 0.717) is 29.5 Å². The molecule has 4 rings (SSSR count). The number of benzene rings is 4. The maximum Gasteiger partial charge on any atom is 0.176 e. The summed E-state index contributed by atoms with van der Waals surface area (Å²) in [6, 6.07) is 26.0. The van der Waals surface area contributed by atoms with E-state index in [-0.39, 0.29) is 28.2 Å². The lowest BCUT2D eigenvalue weighted by molar-refractivity contribution is 0.372. The van der Waals surface area contributed by atoms with Crippen molar-refractivity contribution in [2.75, 3.05) is 7.11 Å². The average Bonchev–Trinajstić information content (AvgIpc) is 2.98. The number of hydrogen-bond acceptors (Lipinski definition) is 8. The zero-order valence-corrected chi connectivity index (χ0v) is 22.7. The molecule has 0 aromatic heterocycles. The van der Waals surface area contributed by atoms with Crippen molar-refractivity contribution in [1.29, 1.82) is 21.0 Å². The maximum atomic E-state index is 10.1. The van der Waals surface area contributed by atoms with Crippen LogP contribution in [0.3, 0.4) is 0 Å². The molecule has 0 saturated heterocycles. The summed E-state index contributed by atoms with van der Waals surface area (Å²) in [6.45, 7) is 3.96. The first-order valence-electron chi connectivity index (χ1n) is 12.4. The lowest BCUT2D eigenvalue weighted by Gasteiger charge is -2.12. The molecule has 0 radical (unpaired) electrons. The normalized spacial score (nSPS) is 9.73. The van der Waals surface area contributed by atoms with Crippen LogP contribution in [0.15, 0.2) is 60.7 Å². The van der Waals surface area contributed by atoms with Crippen molar-refractivity contribution in [3.05, 3.63) is 116 Å². The summed E-state index contributed by atoms with van der Waals surface area (Å²) < 4.78 is 5.00. The maximum absolute atomic E-state index is 10.1. The number of phenols is 3. The van der Waals surface area contributed by atoms with Crippen molar-refractivity contribution >= 4 is 0 Å². The molecule has 0 aliphatic carbocycles. The first kappa shape index (κ1) is 29.6. The van der Waals surface area contributed by atoms with Crippen LogP contribution in [0.5, 0.6) is 23.0 Å². The van der Waals surface area contributed by atoms with Crippen molar-refractivity contribution in [1.82, 2.24) is 0 Å². The van der Waals surface area contributed by atoms with Crippen LogP contribution >= 0.6 is 0 Å². The van der Waals surface area contributed by atoms with Crippen molar-refractivity contribution in [3.8, 4) is 47.3 Å². The molecule has 4 aromatic carbocycles. The highest BCUT2D eigenvalue weighted by atomic mass is 16.5. The van der Waals surface area contributed by atoms with E-state index in [0.717, 1.165) is 22.3 Å². The number of aromatic hydroxyl groups is 3. The van der Waals surface area contributed by atoms with Gasteiger partial charge in [0, 0.05) is 25.0 Å². The summed E-state index contributed by atoms with van der Waals surface area (Å²) in [6.07, 6.45) is 0.753. The van der Waals surface area contributed by atoms with Crippen LogP contribution < -0.4 is 4.74 Å². The number of phenolic OH excluding ortho intramolecular Hbond substituents is 3. The number of methoxy groups -OCH3 is 1. The molecule has 0 saturated carbocycles. The molecule has 0 aliphatic heterocycles. The fraction of sp³-hybridized carbons (Fsp3) is 0.152. The summed E-state index contributed by atoms with van der Waals surface area (Å²) in [5, 5.41) is 66.1. The van der Waals surface area contributed by atoms with Gasteiger partial charge in [0.2, 0.25) is 0 Å². The SMILES string of the molecule is COc1cc(C#N)c(Cc2ccc(C)cc2)c(C#N)c1O.Cc1ccc(Cc2c(C#N)cc(O)c(O)c2C#N)cc1. The second-order valence-electron chi connectivity index (χ2n) is 9.25. The van der Waals surface area contributed by atoms with Crippen LogP contribution in [0.25, 0.3) is 0 Å².